The predicted molar refractivity (Wildman–Crippen MR) is 118 cm³/mol. The minimum Gasteiger partial charge on any atom is -0.390 e. The summed E-state index contributed by atoms with van der Waals surface area (Å²) in [5.41, 5.74) is -0.589. The lowest BCUT2D eigenvalue weighted by atomic mass is 9.43. The SMILES string of the molecule is C[C@@]1(O)CC[C@@]2(C)[C@@H](CC[C@@H]3[C@@H]2CC(=O)[C@]2(C)[C@@H](C(=O)Cn4cc(C#N)cn4)CC[C@@H]32)C1. The normalized spacial score (nSPS) is 45.5. The number of aliphatic hydroxyl groups is 1. The summed E-state index contributed by atoms with van der Waals surface area (Å²) in [7, 11) is 0. The lowest BCUT2D eigenvalue weighted by Crippen LogP contribution is -2.58. The second-order valence-electron chi connectivity index (χ2n) is 11.9. The molecule has 4 saturated carbocycles. The van der Waals surface area contributed by atoms with Gasteiger partial charge in [-0.1, -0.05) is 13.8 Å². The summed E-state index contributed by atoms with van der Waals surface area (Å²) in [6, 6.07) is 2.05. The highest BCUT2D eigenvalue weighted by Gasteiger charge is 2.64. The average Bonchev–Trinajstić information content (AvgIpc) is 3.34. The Kier molecular flexibility index (Phi) is 4.94. The number of hydrogen-bond donors (Lipinski definition) is 1. The van der Waals surface area contributed by atoms with Crippen LogP contribution in [0.25, 0.3) is 0 Å². The number of ketones is 2. The quantitative estimate of drug-likeness (QED) is 0.773. The molecule has 0 saturated heterocycles. The minimum atomic E-state index is -0.577. The van der Waals surface area contributed by atoms with E-state index in [1.165, 1.54) is 10.9 Å². The highest BCUT2D eigenvalue weighted by atomic mass is 16.3. The van der Waals surface area contributed by atoms with Gasteiger partial charge in [0.1, 0.15) is 11.9 Å². The molecular weight excluding hydrogens is 402 g/mol. The summed E-state index contributed by atoms with van der Waals surface area (Å²) in [6.07, 6.45) is 10.3. The van der Waals surface area contributed by atoms with Crippen molar-refractivity contribution in [3.63, 3.8) is 0 Å². The fourth-order valence-electron chi connectivity index (χ4n) is 8.44. The van der Waals surface area contributed by atoms with Crippen LogP contribution in [-0.2, 0) is 16.1 Å². The molecule has 1 heterocycles. The van der Waals surface area contributed by atoms with Crippen LogP contribution in [0.1, 0.15) is 77.7 Å². The van der Waals surface area contributed by atoms with Crippen LogP contribution in [-0.4, -0.2) is 32.1 Å². The van der Waals surface area contributed by atoms with Crippen LogP contribution in [0, 0.1) is 51.8 Å². The first-order valence-corrected chi connectivity index (χ1v) is 12.3. The molecule has 6 heteroatoms. The molecule has 6 nitrogen and oxygen atoms in total. The third kappa shape index (κ3) is 3.11. The van der Waals surface area contributed by atoms with Gasteiger partial charge in [-0.15, -0.1) is 0 Å². The van der Waals surface area contributed by atoms with Gasteiger partial charge in [0.2, 0.25) is 0 Å². The van der Waals surface area contributed by atoms with E-state index in [1.807, 2.05) is 13.0 Å². The number of aromatic nitrogens is 2. The molecule has 32 heavy (non-hydrogen) atoms. The first-order chi connectivity index (χ1) is 15.1. The van der Waals surface area contributed by atoms with Crippen molar-refractivity contribution < 1.29 is 14.7 Å². The molecular formula is C26H35N3O3. The van der Waals surface area contributed by atoms with Crippen molar-refractivity contribution in [2.75, 3.05) is 0 Å². The predicted octanol–water partition coefficient (Wildman–Crippen LogP) is 3.91. The van der Waals surface area contributed by atoms with Gasteiger partial charge < -0.3 is 5.11 Å². The Morgan fingerprint density at radius 2 is 2.00 bits per heavy atom. The lowest BCUT2D eigenvalue weighted by Gasteiger charge is -2.61. The van der Waals surface area contributed by atoms with Crippen molar-refractivity contribution in [2.24, 2.45) is 40.4 Å². The van der Waals surface area contributed by atoms with E-state index in [0.717, 1.165) is 44.9 Å². The molecule has 0 unspecified atom stereocenters. The number of fused-ring (bicyclic) bond motifs is 5. The number of hydrogen-bond acceptors (Lipinski definition) is 5. The molecule has 1 aromatic rings. The fraction of sp³-hybridized carbons (Fsp3) is 0.769. The van der Waals surface area contributed by atoms with Crippen molar-refractivity contribution in [1.82, 2.24) is 9.78 Å². The second kappa shape index (κ2) is 7.25. The Morgan fingerprint density at radius 1 is 1.22 bits per heavy atom. The van der Waals surface area contributed by atoms with Gasteiger partial charge in [0.15, 0.2) is 5.78 Å². The third-order valence-electron chi connectivity index (χ3n) is 10.3. The molecule has 4 fully saturated rings. The maximum absolute atomic E-state index is 13.7. The van der Waals surface area contributed by atoms with Gasteiger partial charge in [0.25, 0.3) is 0 Å². The van der Waals surface area contributed by atoms with Crippen LogP contribution < -0.4 is 0 Å². The van der Waals surface area contributed by atoms with Crippen molar-refractivity contribution in [1.29, 1.82) is 5.26 Å². The van der Waals surface area contributed by atoms with Crippen LogP contribution in [0.5, 0.6) is 0 Å². The van der Waals surface area contributed by atoms with Crippen molar-refractivity contribution in [2.45, 2.75) is 84.3 Å². The summed E-state index contributed by atoms with van der Waals surface area (Å²) in [5.74, 6) is 1.72. The first kappa shape index (κ1) is 21.8. The van der Waals surface area contributed by atoms with Gasteiger partial charge in [-0.3, -0.25) is 14.3 Å². The zero-order valence-corrected chi connectivity index (χ0v) is 19.5. The fourth-order valence-corrected chi connectivity index (χ4v) is 8.44. The first-order valence-electron chi connectivity index (χ1n) is 12.3. The van der Waals surface area contributed by atoms with Crippen molar-refractivity contribution in [3.8, 4) is 6.07 Å². The minimum absolute atomic E-state index is 0.0722. The van der Waals surface area contributed by atoms with Crippen LogP contribution in [0.3, 0.4) is 0 Å². The molecule has 4 aliphatic carbocycles. The molecule has 172 valence electrons. The number of rotatable bonds is 3. The van der Waals surface area contributed by atoms with E-state index < -0.39 is 11.0 Å². The van der Waals surface area contributed by atoms with E-state index >= 15 is 0 Å². The zero-order chi connectivity index (χ0) is 22.9. The topological polar surface area (TPSA) is 96.0 Å². The number of Topliss-reactive ketones (excluding diaryl/α,β-unsaturated/α-hetero) is 2. The molecule has 0 amide bonds. The Bertz CT molecular complexity index is 991. The van der Waals surface area contributed by atoms with E-state index in [2.05, 4.69) is 18.9 Å². The molecule has 1 N–H and O–H groups in total. The van der Waals surface area contributed by atoms with E-state index in [1.54, 1.807) is 6.20 Å². The number of nitriles is 1. The van der Waals surface area contributed by atoms with Crippen LogP contribution in [0.15, 0.2) is 12.4 Å². The molecule has 1 aromatic heterocycles. The number of carbonyl (C=O) groups excluding carboxylic acids is 2. The van der Waals surface area contributed by atoms with Gasteiger partial charge in [-0.05, 0) is 81.0 Å². The number of nitrogens with zero attached hydrogens (tertiary/aromatic N) is 3. The summed E-state index contributed by atoms with van der Waals surface area (Å²) in [6.45, 7) is 6.54. The smallest absolute Gasteiger partial charge is 0.158 e. The second-order valence-corrected chi connectivity index (χ2v) is 11.9. The largest absolute Gasteiger partial charge is 0.390 e. The zero-order valence-electron chi connectivity index (χ0n) is 19.5. The summed E-state index contributed by atoms with van der Waals surface area (Å²) >= 11 is 0. The lowest BCUT2D eigenvalue weighted by molar-refractivity contribution is -0.166. The van der Waals surface area contributed by atoms with E-state index in [4.69, 9.17) is 5.26 Å². The van der Waals surface area contributed by atoms with Gasteiger partial charge in [0.05, 0.1) is 23.9 Å². The third-order valence-corrected chi connectivity index (χ3v) is 10.3. The van der Waals surface area contributed by atoms with Crippen molar-refractivity contribution in [3.05, 3.63) is 18.0 Å². The van der Waals surface area contributed by atoms with Crippen LogP contribution >= 0.6 is 0 Å². The Labute approximate surface area is 190 Å². The molecule has 4 aliphatic rings. The van der Waals surface area contributed by atoms with Crippen LogP contribution in [0.4, 0.5) is 0 Å². The molecule has 0 aromatic carbocycles. The monoisotopic (exact) mass is 437 g/mol. The van der Waals surface area contributed by atoms with Crippen molar-refractivity contribution >= 4 is 11.6 Å². The van der Waals surface area contributed by atoms with E-state index in [0.29, 0.717) is 29.7 Å². The molecule has 8 atom stereocenters. The van der Waals surface area contributed by atoms with Gasteiger partial charge in [-0.2, -0.15) is 10.4 Å². The summed E-state index contributed by atoms with van der Waals surface area (Å²) < 4.78 is 1.54. The summed E-state index contributed by atoms with van der Waals surface area (Å²) in [4.78, 5) is 27.1. The Balaban J connectivity index is 1.38. The Hall–Kier alpha value is -2.00. The summed E-state index contributed by atoms with van der Waals surface area (Å²) in [5, 5.41) is 23.8. The highest BCUT2D eigenvalue weighted by Crippen LogP contribution is 2.67. The van der Waals surface area contributed by atoms with Gasteiger partial charge >= 0.3 is 0 Å². The van der Waals surface area contributed by atoms with E-state index in [9.17, 15) is 14.7 Å². The van der Waals surface area contributed by atoms with Gasteiger partial charge in [0, 0.05) is 24.0 Å². The standard InChI is InChI=1S/C26H35N3O3/c1-24(32)8-9-25(2)17(11-24)4-5-18-19-6-7-20(26(19,3)23(31)10-21(18)25)22(30)15-29-14-16(12-27)13-28-29/h13-14,17-21,32H,4-11,15H2,1-3H3/t17-,18-,19-,20+,21-,24+,25-,26-/m0/s1. The molecule has 5 rings (SSSR count). The molecule has 0 radical (unpaired) electrons. The average molecular weight is 438 g/mol. The molecule has 0 aliphatic heterocycles. The molecule has 0 bridgehead atoms. The highest BCUT2D eigenvalue weighted by molar-refractivity contribution is 5.94. The van der Waals surface area contributed by atoms with Crippen LogP contribution in [0.2, 0.25) is 0 Å². The molecule has 0 spiro atoms. The maximum atomic E-state index is 13.7. The van der Waals surface area contributed by atoms with E-state index in [-0.39, 0.29) is 35.4 Å². The van der Waals surface area contributed by atoms with Gasteiger partial charge in [-0.25, -0.2) is 0 Å². The maximum Gasteiger partial charge on any atom is 0.158 e. The Morgan fingerprint density at radius 3 is 2.72 bits per heavy atom. The number of carbonyl (C=O) groups is 2.